The molecule has 0 aliphatic carbocycles. The van der Waals surface area contributed by atoms with E-state index in [0.29, 0.717) is 39.3 Å². The Morgan fingerprint density at radius 2 is 2.00 bits per heavy atom. The Balaban J connectivity index is 1.45. The van der Waals surface area contributed by atoms with E-state index in [-0.39, 0.29) is 17.6 Å². The van der Waals surface area contributed by atoms with Gasteiger partial charge in [-0.15, -0.1) is 0 Å². The Labute approximate surface area is 147 Å². The molecule has 0 atom stereocenters. The lowest BCUT2D eigenvalue weighted by atomic mass is 10.3. The molecule has 10 heteroatoms. The Kier molecular flexibility index (Phi) is 5.40. The molecular formula is C16H18F3N5O2. The summed E-state index contributed by atoms with van der Waals surface area (Å²) < 4.78 is 43.2. The predicted octanol–water partition coefficient (Wildman–Crippen LogP) is 1.64. The summed E-state index contributed by atoms with van der Waals surface area (Å²) in [6, 6.07) is 4.09. The van der Waals surface area contributed by atoms with Gasteiger partial charge in [0, 0.05) is 45.5 Å². The highest BCUT2D eigenvalue weighted by molar-refractivity contribution is 5.91. The number of piperazine rings is 1. The van der Waals surface area contributed by atoms with Crippen LogP contribution in [0, 0.1) is 0 Å². The maximum absolute atomic E-state index is 12.7. The normalized spacial score (nSPS) is 15.9. The van der Waals surface area contributed by atoms with Crippen LogP contribution in [0.5, 0.6) is 0 Å². The van der Waals surface area contributed by atoms with Gasteiger partial charge < -0.3 is 14.6 Å². The van der Waals surface area contributed by atoms with Gasteiger partial charge in [-0.25, -0.2) is 9.97 Å². The summed E-state index contributed by atoms with van der Waals surface area (Å²) in [6.07, 6.45) is -1.92. The van der Waals surface area contributed by atoms with E-state index in [1.165, 1.54) is 6.26 Å². The second-order valence-electron chi connectivity index (χ2n) is 5.80. The molecule has 3 heterocycles. The van der Waals surface area contributed by atoms with Crippen LogP contribution in [0.2, 0.25) is 0 Å². The molecule has 1 N–H and O–H groups in total. The predicted molar refractivity (Wildman–Crippen MR) is 86.7 cm³/mol. The molecule has 1 fully saturated rings. The van der Waals surface area contributed by atoms with E-state index in [9.17, 15) is 18.0 Å². The van der Waals surface area contributed by atoms with Crippen molar-refractivity contribution in [3.8, 4) is 0 Å². The van der Waals surface area contributed by atoms with Crippen LogP contribution in [0.4, 0.5) is 19.1 Å². The van der Waals surface area contributed by atoms with Crippen LogP contribution in [0.25, 0.3) is 0 Å². The van der Waals surface area contributed by atoms with Gasteiger partial charge in [-0.1, -0.05) is 0 Å². The standard InChI is InChI=1S/C16H18F3N5O2/c17-16(18,19)13-3-4-21-15(22-13)24-9-7-23(8-10-24)6-5-20-14(25)12-2-1-11-26-12/h1-4,11H,5-10H2,(H,20,25). The summed E-state index contributed by atoms with van der Waals surface area (Å²) in [5.74, 6) is 0.0770. The number of carbonyl (C=O) groups excluding carboxylic acids is 1. The molecule has 1 aliphatic heterocycles. The SMILES string of the molecule is O=C(NCCN1CCN(c2nccc(C(F)(F)F)n2)CC1)c1ccco1. The Hall–Kier alpha value is -2.62. The zero-order chi connectivity index (χ0) is 18.6. The van der Waals surface area contributed by atoms with Gasteiger partial charge in [0.05, 0.1) is 6.26 Å². The molecule has 1 saturated heterocycles. The van der Waals surface area contributed by atoms with Crippen molar-refractivity contribution in [3.05, 3.63) is 42.1 Å². The molecule has 2 aromatic rings. The lowest BCUT2D eigenvalue weighted by Crippen LogP contribution is -2.49. The van der Waals surface area contributed by atoms with Crippen molar-refractivity contribution in [2.75, 3.05) is 44.2 Å². The maximum atomic E-state index is 12.7. The molecule has 2 aromatic heterocycles. The Bertz CT molecular complexity index is 728. The van der Waals surface area contributed by atoms with Gasteiger partial charge in [0.1, 0.15) is 5.69 Å². The zero-order valence-electron chi connectivity index (χ0n) is 13.9. The molecular weight excluding hydrogens is 351 g/mol. The minimum Gasteiger partial charge on any atom is -0.459 e. The number of alkyl halides is 3. The molecule has 1 aliphatic rings. The van der Waals surface area contributed by atoms with Gasteiger partial charge in [-0.3, -0.25) is 9.69 Å². The first-order valence-corrected chi connectivity index (χ1v) is 8.13. The number of aromatic nitrogens is 2. The van der Waals surface area contributed by atoms with E-state index < -0.39 is 11.9 Å². The second kappa shape index (κ2) is 7.73. The number of anilines is 1. The van der Waals surface area contributed by atoms with Crippen LogP contribution in [-0.2, 0) is 6.18 Å². The first-order valence-electron chi connectivity index (χ1n) is 8.13. The smallest absolute Gasteiger partial charge is 0.433 e. The van der Waals surface area contributed by atoms with Gasteiger partial charge in [-0.05, 0) is 18.2 Å². The number of halogens is 3. The molecule has 0 spiro atoms. The summed E-state index contributed by atoms with van der Waals surface area (Å²) in [7, 11) is 0. The first-order chi connectivity index (χ1) is 12.4. The highest BCUT2D eigenvalue weighted by Crippen LogP contribution is 2.28. The molecule has 0 saturated carbocycles. The quantitative estimate of drug-likeness (QED) is 0.864. The number of hydrogen-bond acceptors (Lipinski definition) is 6. The average Bonchev–Trinajstić information content (AvgIpc) is 3.16. The number of furan rings is 1. The fourth-order valence-electron chi connectivity index (χ4n) is 2.65. The van der Waals surface area contributed by atoms with Crippen LogP contribution < -0.4 is 10.2 Å². The second-order valence-corrected chi connectivity index (χ2v) is 5.80. The van der Waals surface area contributed by atoms with Crippen molar-refractivity contribution in [2.45, 2.75) is 6.18 Å². The van der Waals surface area contributed by atoms with Gasteiger partial charge in [0.15, 0.2) is 5.76 Å². The van der Waals surface area contributed by atoms with Gasteiger partial charge in [-0.2, -0.15) is 13.2 Å². The summed E-state index contributed by atoms with van der Waals surface area (Å²) in [5, 5.41) is 2.76. The van der Waals surface area contributed by atoms with Gasteiger partial charge in [0.2, 0.25) is 5.95 Å². The summed E-state index contributed by atoms with van der Waals surface area (Å²) >= 11 is 0. The van der Waals surface area contributed by atoms with Crippen molar-refractivity contribution in [3.63, 3.8) is 0 Å². The number of nitrogens with zero attached hydrogens (tertiary/aromatic N) is 4. The van der Waals surface area contributed by atoms with E-state index in [4.69, 9.17) is 4.42 Å². The lowest BCUT2D eigenvalue weighted by molar-refractivity contribution is -0.141. The molecule has 0 radical (unpaired) electrons. The molecule has 0 bridgehead atoms. The van der Waals surface area contributed by atoms with Crippen LogP contribution in [0.3, 0.4) is 0 Å². The third-order valence-corrected chi connectivity index (χ3v) is 4.05. The monoisotopic (exact) mass is 369 g/mol. The molecule has 1 amide bonds. The third kappa shape index (κ3) is 4.51. The van der Waals surface area contributed by atoms with E-state index in [0.717, 1.165) is 12.3 Å². The number of hydrogen-bond donors (Lipinski definition) is 1. The van der Waals surface area contributed by atoms with Crippen molar-refractivity contribution in [2.24, 2.45) is 0 Å². The highest BCUT2D eigenvalue weighted by atomic mass is 19.4. The summed E-state index contributed by atoms with van der Waals surface area (Å²) in [5.41, 5.74) is -0.939. The largest absolute Gasteiger partial charge is 0.459 e. The molecule has 0 unspecified atom stereocenters. The molecule has 7 nitrogen and oxygen atoms in total. The molecule has 3 rings (SSSR count). The number of carbonyl (C=O) groups is 1. The fourth-order valence-corrected chi connectivity index (χ4v) is 2.65. The van der Waals surface area contributed by atoms with Crippen molar-refractivity contribution < 1.29 is 22.4 Å². The van der Waals surface area contributed by atoms with Crippen LogP contribution in [-0.4, -0.2) is 60.0 Å². The Morgan fingerprint density at radius 1 is 1.23 bits per heavy atom. The number of amides is 1. The zero-order valence-corrected chi connectivity index (χ0v) is 13.9. The molecule has 26 heavy (non-hydrogen) atoms. The topological polar surface area (TPSA) is 74.5 Å². The van der Waals surface area contributed by atoms with E-state index in [2.05, 4.69) is 20.2 Å². The molecule has 140 valence electrons. The summed E-state index contributed by atoms with van der Waals surface area (Å²) in [4.78, 5) is 23.2. The fraction of sp³-hybridized carbons (Fsp3) is 0.438. The third-order valence-electron chi connectivity index (χ3n) is 4.05. The van der Waals surface area contributed by atoms with E-state index in [1.807, 2.05) is 0 Å². The highest BCUT2D eigenvalue weighted by Gasteiger charge is 2.33. The van der Waals surface area contributed by atoms with E-state index in [1.54, 1.807) is 17.0 Å². The number of nitrogens with one attached hydrogen (secondary N) is 1. The van der Waals surface area contributed by atoms with Gasteiger partial charge >= 0.3 is 6.18 Å². The summed E-state index contributed by atoms with van der Waals surface area (Å²) in [6.45, 7) is 3.44. The van der Waals surface area contributed by atoms with Crippen LogP contribution in [0.1, 0.15) is 16.2 Å². The van der Waals surface area contributed by atoms with Crippen LogP contribution in [0.15, 0.2) is 35.1 Å². The van der Waals surface area contributed by atoms with Gasteiger partial charge in [0.25, 0.3) is 5.91 Å². The van der Waals surface area contributed by atoms with E-state index >= 15 is 0 Å². The van der Waals surface area contributed by atoms with Crippen molar-refractivity contribution in [1.82, 2.24) is 20.2 Å². The minimum absolute atomic E-state index is 0.0885. The Morgan fingerprint density at radius 3 is 2.65 bits per heavy atom. The van der Waals surface area contributed by atoms with Crippen molar-refractivity contribution in [1.29, 1.82) is 0 Å². The maximum Gasteiger partial charge on any atom is 0.433 e. The van der Waals surface area contributed by atoms with Crippen LogP contribution >= 0.6 is 0 Å². The molecule has 0 aromatic carbocycles. The first kappa shape index (κ1) is 18.2. The average molecular weight is 369 g/mol. The number of rotatable bonds is 5. The van der Waals surface area contributed by atoms with Crippen molar-refractivity contribution >= 4 is 11.9 Å². The minimum atomic E-state index is -4.48. The lowest BCUT2D eigenvalue weighted by Gasteiger charge is -2.34.